The molecule has 1 rings (SSSR count). The van der Waals surface area contributed by atoms with Crippen LogP contribution in [0.15, 0.2) is 28.7 Å². The lowest BCUT2D eigenvalue weighted by Crippen LogP contribution is -2.19. The molecule has 0 aliphatic heterocycles. The largest absolute Gasteiger partial charge is 0.382 e. The predicted octanol–water partition coefficient (Wildman–Crippen LogP) is 3.18. The number of ether oxygens (including phenoxy) is 1. The molecule has 0 heterocycles. The van der Waals surface area contributed by atoms with Gasteiger partial charge >= 0.3 is 0 Å². The monoisotopic (exact) mass is 285 g/mol. The second-order valence-electron chi connectivity index (χ2n) is 3.76. The Bertz CT molecular complexity index is 304. The van der Waals surface area contributed by atoms with Crippen LogP contribution in [0.3, 0.4) is 0 Å². The Morgan fingerprint density at radius 1 is 1.38 bits per heavy atom. The highest BCUT2D eigenvalue weighted by Gasteiger charge is 2.13. The first-order valence-electron chi connectivity index (χ1n) is 5.76. The van der Waals surface area contributed by atoms with Gasteiger partial charge in [-0.3, -0.25) is 0 Å². The Balaban J connectivity index is 2.65. The molecule has 3 heteroatoms. The van der Waals surface area contributed by atoms with Gasteiger partial charge < -0.3 is 10.1 Å². The van der Waals surface area contributed by atoms with Crippen molar-refractivity contribution in [1.82, 2.24) is 5.32 Å². The average molecular weight is 286 g/mol. The van der Waals surface area contributed by atoms with Crippen molar-refractivity contribution in [3.63, 3.8) is 0 Å². The molecule has 16 heavy (non-hydrogen) atoms. The van der Waals surface area contributed by atoms with Crippen molar-refractivity contribution < 1.29 is 4.74 Å². The van der Waals surface area contributed by atoms with Crippen molar-refractivity contribution in [2.75, 3.05) is 26.8 Å². The zero-order valence-electron chi connectivity index (χ0n) is 10.0. The number of hydrogen-bond donors (Lipinski definition) is 1. The van der Waals surface area contributed by atoms with Crippen LogP contribution in [-0.2, 0) is 4.74 Å². The SMILES string of the molecule is CCOCCC(CNC)c1ccccc1Br. The molecule has 0 saturated carbocycles. The lowest BCUT2D eigenvalue weighted by Gasteiger charge is -2.18. The van der Waals surface area contributed by atoms with Crippen molar-refractivity contribution in [3.05, 3.63) is 34.3 Å². The first-order valence-corrected chi connectivity index (χ1v) is 6.55. The van der Waals surface area contributed by atoms with Crippen LogP contribution in [0.25, 0.3) is 0 Å². The number of halogens is 1. The molecule has 0 bridgehead atoms. The second kappa shape index (κ2) is 7.82. The van der Waals surface area contributed by atoms with Gasteiger partial charge in [0.25, 0.3) is 0 Å². The van der Waals surface area contributed by atoms with Crippen molar-refractivity contribution in [2.45, 2.75) is 19.3 Å². The van der Waals surface area contributed by atoms with Gasteiger partial charge in [-0.2, -0.15) is 0 Å². The zero-order valence-corrected chi connectivity index (χ0v) is 11.6. The van der Waals surface area contributed by atoms with Gasteiger partial charge in [0.15, 0.2) is 0 Å². The third kappa shape index (κ3) is 4.24. The maximum Gasteiger partial charge on any atom is 0.0472 e. The van der Waals surface area contributed by atoms with Crippen molar-refractivity contribution in [3.8, 4) is 0 Å². The molecule has 0 amide bonds. The van der Waals surface area contributed by atoms with Crippen LogP contribution in [0.1, 0.15) is 24.8 Å². The van der Waals surface area contributed by atoms with E-state index in [-0.39, 0.29) is 0 Å². The molecule has 1 aromatic carbocycles. The van der Waals surface area contributed by atoms with Crippen LogP contribution in [-0.4, -0.2) is 26.8 Å². The molecule has 1 unspecified atom stereocenters. The number of rotatable bonds is 7. The fraction of sp³-hybridized carbons (Fsp3) is 0.538. The summed E-state index contributed by atoms with van der Waals surface area (Å²) in [4.78, 5) is 0. The van der Waals surface area contributed by atoms with Crippen LogP contribution >= 0.6 is 15.9 Å². The zero-order chi connectivity index (χ0) is 11.8. The van der Waals surface area contributed by atoms with Crippen LogP contribution in [0.2, 0.25) is 0 Å². The summed E-state index contributed by atoms with van der Waals surface area (Å²) in [7, 11) is 1.99. The molecule has 90 valence electrons. The molecular formula is C13H20BrNO. The smallest absolute Gasteiger partial charge is 0.0472 e. The van der Waals surface area contributed by atoms with Crippen molar-refractivity contribution in [1.29, 1.82) is 0 Å². The summed E-state index contributed by atoms with van der Waals surface area (Å²) in [6.45, 7) is 4.63. The van der Waals surface area contributed by atoms with Gasteiger partial charge in [-0.1, -0.05) is 34.1 Å². The first-order chi connectivity index (χ1) is 7.79. The van der Waals surface area contributed by atoms with E-state index in [2.05, 4.69) is 39.4 Å². The lowest BCUT2D eigenvalue weighted by molar-refractivity contribution is 0.139. The van der Waals surface area contributed by atoms with E-state index in [9.17, 15) is 0 Å². The van der Waals surface area contributed by atoms with Gasteiger partial charge in [0.1, 0.15) is 0 Å². The minimum absolute atomic E-state index is 0.507. The van der Waals surface area contributed by atoms with Gasteiger partial charge in [0.05, 0.1) is 0 Å². The first kappa shape index (κ1) is 13.7. The van der Waals surface area contributed by atoms with E-state index >= 15 is 0 Å². The normalized spacial score (nSPS) is 12.7. The van der Waals surface area contributed by atoms with Gasteiger partial charge in [0.2, 0.25) is 0 Å². The summed E-state index contributed by atoms with van der Waals surface area (Å²) in [6, 6.07) is 8.41. The highest BCUT2D eigenvalue weighted by Crippen LogP contribution is 2.26. The third-order valence-electron chi connectivity index (χ3n) is 2.61. The van der Waals surface area contributed by atoms with Gasteiger partial charge in [0, 0.05) is 24.2 Å². The van der Waals surface area contributed by atoms with E-state index in [0.717, 1.165) is 26.2 Å². The summed E-state index contributed by atoms with van der Waals surface area (Å²) in [5.41, 5.74) is 1.36. The maximum absolute atomic E-state index is 5.43. The summed E-state index contributed by atoms with van der Waals surface area (Å²) in [6.07, 6.45) is 1.05. The Kier molecular flexibility index (Phi) is 6.69. The summed E-state index contributed by atoms with van der Waals surface area (Å²) >= 11 is 3.61. The molecule has 1 N–H and O–H groups in total. The molecular weight excluding hydrogens is 266 g/mol. The fourth-order valence-electron chi connectivity index (χ4n) is 1.79. The molecule has 0 saturated heterocycles. The Morgan fingerprint density at radius 2 is 2.12 bits per heavy atom. The molecule has 2 nitrogen and oxygen atoms in total. The van der Waals surface area contributed by atoms with Gasteiger partial charge in [-0.25, -0.2) is 0 Å². The number of benzene rings is 1. The van der Waals surface area contributed by atoms with E-state index in [1.807, 2.05) is 20.0 Å². The second-order valence-corrected chi connectivity index (χ2v) is 4.62. The van der Waals surface area contributed by atoms with E-state index in [4.69, 9.17) is 4.74 Å². The molecule has 0 spiro atoms. The molecule has 0 aromatic heterocycles. The Labute approximate surface area is 107 Å². The van der Waals surface area contributed by atoms with E-state index in [1.165, 1.54) is 10.0 Å². The molecule has 1 aromatic rings. The molecule has 0 radical (unpaired) electrons. The number of hydrogen-bond acceptors (Lipinski definition) is 2. The lowest BCUT2D eigenvalue weighted by atomic mass is 9.96. The van der Waals surface area contributed by atoms with E-state index in [0.29, 0.717) is 5.92 Å². The van der Waals surface area contributed by atoms with Crippen LogP contribution in [0.4, 0.5) is 0 Å². The number of nitrogens with one attached hydrogen (secondary N) is 1. The molecule has 1 atom stereocenters. The van der Waals surface area contributed by atoms with Crippen LogP contribution in [0, 0.1) is 0 Å². The third-order valence-corrected chi connectivity index (χ3v) is 3.33. The Hall–Kier alpha value is -0.380. The highest BCUT2D eigenvalue weighted by atomic mass is 79.9. The van der Waals surface area contributed by atoms with E-state index < -0.39 is 0 Å². The highest BCUT2D eigenvalue weighted by molar-refractivity contribution is 9.10. The van der Waals surface area contributed by atoms with Crippen molar-refractivity contribution >= 4 is 15.9 Å². The summed E-state index contributed by atoms with van der Waals surface area (Å²) < 4.78 is 6.62. The van der Waals surface area contributed by atoms with E-state index in [1.54, 1.807) is 0 Å². The Morgan fingerprint density at radius 3 is 2.75 bits per heavy atom. The molecule has 0 aliphatic carbocycles. The molecule has 0 aliphatic rings. The average Bonchev–Trinajstić information content (AvgIpc) is 2.29. The minimum atomic E-state index is 0.507. The maximum atomic E-state index is 5.43. The molecule has 0 fully saturated rings. The topological polar surface area (TPSA) is 21.3 Å². The van der Waals surface area contributed by atoms with Gasteiger partial charge in [-0.05, 0) is 37.9 Å². The summed E-state index contributed by atoms with van der Waals surface area (Å²) in [5.74, 6) is 0.507. The van der Waals surface area contributed by atoms with Crippen LogP contribution in [0.5, 0.6) is 0 Å². The van der Waals surface area contributed by atoms with Crippen molar-refractivity contribution in [2.24, 2.45) is 0 Å². The predicted molar refractivity (Wildman–Crippen MR) is 71.9 cm³/mol. The quantitative estimate of drug-likeness (QED) is 0.777. The van der Waals surface area contributed by atoms with Gasteiger partial charge in [-0.15, -0.1) is 0 Å². The van der Waals surface area contributed by atoms with Crippen LogP contribution < -0.4 is 5.32 Å². The minimum Gasteiger partial charge on any atom is -0.382 e. The standard InChI is InChI=1S/C13H20BrNO/c1-3-16-9-8-11(10-15-2)12-6-4-5-7-13(12)14/h4-7,11,15H,3,8-10H2,1-2H3. The fourth-order valence-corrected chi connectivity index (χ4v) is 2.40. The number of likely N-dealkylation sites (N-methyl/N-ethyl adjacent to an activating group) is 1. The summed E-state index contributed by atoms with van der Waals surface area (Å²) in [5, 5.41) is 3.24.